The molecule has 1 unspecified atom stereocenters. The standard InChI is InChI=1S/C15H17ClO4S2/c1-19-7-8-22(17,18)12-9-14(21-10-12)15(16)6-5-11-3-2-4-13(11)20-15/h5-6,9-10H,2-4,7-8H2,1H3. The molecule has 0 bridgehead atoms. The number of rotatable bonds is 5. The first kappa shape index (κ1) is 16.1. The van der Waals surface area contributed by atoms with Crippen LogP contribution in [0, 0.1) is 0 Å². The molecule has 7 heteroatoms. The van der Waals surface area contributed by atoms with E-state index < -0.39 is 14.9 Å². The highest BCUT2D eigenvalue weighted by Gasteiger charge is 2.37. The average Bonchev–Trinajstić information content (AvgIpc) is 3.13. The van der Waals surface area contributed by atoms with E-state index in [2.05, 4.69) is 0 Å². The summed E-state index contributed by atoms with van der Waals surface area (Å²) in [5.41, 5.74) is 1.20. The Morgan fingerprint density at radius 2 is 2.27 bits per heavy atom. The fraction of sp³-hybridized carbons (Fsp3) is 0.467. The number of ether oxygens (including phenoxy) is 2. The van der Waals surface area contributed by atoms with Gasteiger partial charge in [-0.2, -0.15) is 0 Å². The first-order chi connectivity index (χ1) is 10.4. The molecule has 1 atom stereocenters. The van der Waals surface area contributed by atoms with Crippen molar-refractivity contribution < 1.29 is 17.9 Å². The monoisotopic (exact) mass is 360 g/mol. The number of sulfone groups is 1. The van der Waals surface area contributed by atoms with Gasteiger partial charge < -0.3 is 9.47 Å². The predicted octanol–water partition coefficient (Wildman–Crippen LogP) is 3.58. The van der Waals surface area contributed by atoms with Crippen LogP contribution in [0.25, 0.3) is 0 Å². The van der Waals surface area contributed by atoms with Gasteiger partial charge in [0.25, 0.3) is 0 Å². The molecule has 1 aliphatic heterocycles. The van der Waals surface area contributed by atoms with E-state index in [1.54, 1.807) is 17.5 Å². The molecule has 0 spiro atoms. The van der Waals surface area contributed by atoms with E-state index in [-0.39, 0.29) is 17.3 Å². The third kappa shape index (κ3) is 2.97. The number of allylic oxidation sites excluding steroid dienone is 3. The summed E-state index contributed by atoms with van der Waals surface area (Å²) in [6.07, 6.45) is 6.77. The van der Waals surface area contributed by atoms with Crippen molar-refractivity contribution in [1.82, 2.24) is 0 Å². The van der Waals surface area contributed by atoms with Crippen molar-refractivity contribution in [2.45, 2.75) is 29.2 Å². The Morgan fingerprint density at radius 3 is 3.05 bits per heavy atom. The van der Waals surface area contributed by atoms with Gasteiger partial charge in [-0.25, -0.2) is 8.42 Å². The van der Waals surface area contributed by atoms with Gasteiger partial charge in [-0.15, -0.1) is 11.3 Å². The second kappa shape index (κ2) is 6.00. The SMILES string of the molecule is COCCS(=O)(=O)c1csc(C2(Cl)C=CC3=C(CCC3)O2)c1. The second-order valence-corrected chi connectivity index (χ2v) is 8.92. The summed E-state index contributed by atoms with van der Waals surface area (Å²) in [6.45, 7) is 0.173. The van der Waals surface area contributed by atoms with E-state index >= 15 is 0 Å². The van der Waals surface area contributed by atoms with Crippen LogP contribution >= 0.6 is 22.9 Å². The average molecular weight is 361 g/mol. The smallest absolute Gasteiger partial charge is 0.236 e. The molecule has 1 aliphatic carbocycles. The van der Waals surface area contributed by atoms with Gasteiger partial charge in [0.1, 0.15) is 5.76 Å². The molecule has 1 aromatic heterocycles. The van der Waals surface area contributed by atoms with Crippen molar-refractivity contribution in [2.24, 2.45) is 0 Å². The van der Waals surface area contributed by atoms with E-state index in [9.17, 15) is 8.42 Å². The molecule has 3 rings (SSSR count). The zero-order chi connectivity index (χ0) is 15.8. The van der Waals surface area contributed by atoms with Crippen LogP contribution in [0.4, 0.5) is 0 Å². The van der Waals surface area contributed by atoms with Crippen molar-refractivity contribution in [3.63, 3.8) is 0 Å². The molecule has 0 amide bonds. The number of hydrogen-bond donors (Lipinski definition) is 0. The fourth-order valence-corrected chi connectivity index (χ4v) is 5.40. The number of hydrogen-bond acceptors (Lipinski definition) is 5. The molecule has 0 fully saturated rings. The lowest BCUT2D eigenvalue weighted by molar-refractivity contribution is 0.111. The summed E-state index contributed by atoms with van der Waals surface area (Å²) in [5.74, 6) is 0.885. The summed E-state index contributed by atoms with van der Waals surface area (Å²) >= 11 is 7.88. The molecule has 2 aliphatic rings. The largest absolute Gasteiger partial charge is 0.467 e. The summed E-state index contributed by atoms with van der Waals surface area (Å²) in [7, 11) is -1.87. The summed E-state index contributed by atoms with van der Waals surface area (Å²) in [5, 5.41) is 0.517. The van der Waals surface area contributed by atoms with Crippen LogP contribution in [0.5, 0.6) is 0 Å². The minimum Gasteiger partial charge on any atom is -0.467 e. The van der Waals surface area contributed by atoms with Crippen LogP contribution in [0.2, 0.25) is 0 Å². The van der Waals surface area contributed by atoms with Crippen molar-refractivity contribution >= 4 is 32.8 Å². The highest BCUT2D eigenvalue weighted by atomic mass is 35.5. The molecule has 0 radical (unpaired) electrons. The molecule has 0 saturated carbocycles. The topological polar surface area (TPSA) is 52.6 Å². The van der Waals surface area contributed by atoms with Crippen molar-refractivity contribution in [3.8, 4) is 0 Å². The Bertz CT molecular complexity index is 732. The molecule has 0 aromatic carbocycles. The maximum Gasteiger partial charge on any atom is 0.236 e. The van der Waals surface area contributed by atoms with Gasteiger partial charge in [0, 0.05) is 18.9 Å². The number of halogens is 1. The summed E-state index contributed by atoms with van der Waals surface area (Å²) in [4.78, 5) is 0.952. The molecule has 4 nitrogen and oxygen atoms in total. The van der Waals surface area contributed by atoms with Crippen molar-refractivity contribution in [1.29, 1.82) is 0 Å². The Labute approximate surface area is 139 Å². The molecular weight excluding hydrogens is 344 g/mol. The van der Waals surface area contributed by atoms with Crippen LogP contribution in [0.15, 0.2) is 39.8 Å². The summed E-state index contributed by atoms with van der Waals surface area (Å²) in [6, 6.07) is 1.60. The van der Waals surface area contributed by atoms with Gasteiger partial charge in [0.05, 0.1) is 22.1 Å². The zero-order valence-electron chi connectivity index (χ0n) is 12.2. The van der Waals surface area contributed by atoms with Gasteiger partial charge in [-0.3, -0.25) is 0 Å². The van der Waals surface area contributed by atoms with Gasteiger partial charge in [0.2, 0.25) is 5.06 Å². The minimum atomic E-state index is -3.35. The second-order valence-electron chi connectivity index (χ2n) is 5.34. The maximum atomic E-state index is 12.2. The van der Waals surface area contributed by atoms with Gasteiger partial charge >= 0.3 is 0 Å². The number of alkyl halides is 1. The summed E-state index contributed by atoms with van der Waals surface area (Å²) < 4.78 is 35.2. The molecule has 0 N–H and O–H groups in total. The number of methoxy groups -OCH3 is 1. The van der Waals surface area contributed by atoms with E-state index in [1.807, 2.05) is 6.08 Å². The highest BCUT2D eigenvalue weighted by molar-refractivity contribution is 7.91. The van der Waals surface area contributed by atoms with Crippen LogP contribution < -0.4 is 0 Å². The molecule has 120 valence electrons. The first-order valence-electron chi connectivity index (χ1n) is 7.04. The molecular formula is C15H17ClO4S2. The van der Waals surface area contributed by atoms with Gasteiger partial charge in [-0.05, 0) is 30.6 Å². The van der Waals surface area contributed by atoms with Crippen LogP contribution in [-0.4, -0.2) is 27.9 Å². The van der Waals surface area contributed by atoms with Crippen molar-refractivity contribution in [2.75, 3.05) is 19.5 Å². The van der Waals surface area contributed by atoms with Gasteiger partial charge in [0.15, 0.2) is 9.84 Å². The van der Waals surface area contributed by atoms with Crippen LogP contribution in [-0.2, 0) is 24.4 Å². The highest BCUT2D eigenvalue weighted by Crippen LogP contribution is 2.45. The van der Waals surface area contributed by atoms with Crippen LogP contribution in [0.3, 0.4) is 0 Å². The normalized spacial score (nSPS) is 24.5. The first-order valence-corrected chi connectivity index (χ1v) is 9.95. The Kier molecular flexibility index (Phi) is 4.38. The van der Waals surface area contributed by atoms with Gasteiger partial charge in [-0.1, -0.05) is 17.7 Å². The third-order valence-corrected chi connectivity index (χ3v) is 7.18. The Morgan fingerprint density at radius 1 is 1.45 bits per heavy atom. The van der Waals surface area contributed by atoms with Crippen LogP contribution in [0.1, 0.15) is 24.1 Å². The quantitative estimate of drug-likeness (QED) is 0.753. The zero-order valence-corrected chi connectivity index (χ0v) is 14.6. The molecule has 2 heterocycles. The predicted molar refractivity (Wildman–Crippen MR) is 86.9 cm³/mol. The fourth-order valence-electron chi connectivity index (χ4n) is 2.56. The lowest BCUT2D eigenvalue weighted by atomic mass is 10.1. The lowest BCUT2D eigenvalue weighted by Gasteiger charge is -2.28. The van der Waals surface area contributed by atoms with E-state index in [1.165, 1.54) is 24.0 Å². The Balaban J connectivity index is 1.84. The molecule has 0 saturated heterocycles. The maximum absolute atomic E-state index is 12.2. The molecule has 1 aromatic rings. The number of thiophene rings is 1. The minimum absolute atomic E-state index is 0.0407. The molecule has 22 heavy (non-hydrogen) atoms. The van der Waals surface area contributed by atoms with E-state index in [4.69, 9.17) is 21.1 Å². The van der Waals surface area contributed by atoms with E-state index in [0.717, 1.165) is 25.0 Å². The third-order valence-electron chi connectivity index (χ3n) is 3.81. The lowest BCUT2D eigenvalue weighted by Crippen LogP contribution is -2.21. The van der Waals surface area contributed by atoms with E-state index in [0.29, 0.717) is 4.88 Å². The van der Waals surface area contributed by atoms with Crippen molar-refractivity contribution in [3.05, 3.63) is 39.8 Å². The Hall–Kier alpha value is -0.820.